The van der Waals surface area contributed by atoms with Gasteiger partial charge in [0.25, 0.3) is 0 Å². The average molecular weight is 339 g/mol. The first kappa shape index (κ1) is 15.7. The summed E-state index contributed by atoms with van der Waals surface area (Å²) in [5.41, 5.74) is 2.02. The van der Waals surface area contributed by atoms with E-state index in [9.17, 15) is 4.79 Å². The second-order valence-electron chi connectivity index (χ2n) is 6.64. The largest absolute Gasteiger partial charge is 0.361 e. The molecular formula is C18H21N5O2. The Balaban J connectivity index is 1.51. The summed E-state index contributed by atoms with van der Waals surface area (Å²) < 4.78 is 5.54. The van der Waals surface area contributed by atoms with Crippen molar-refractivity contribution in [2.45, 2.75) is 18.8 Å². The zero-order chi connectivity index (χ0) is 17.4. The highest BCUT2D eigenvalue weighted by Gasteiger charge is 2.28. The van der Waals surface area contributed by atoms with Gasteiger partial charge in [-0.3, -0.25) is 0 Å². The zero-order valence-corrected chi connectivity index (χ0v) is 14.4. The second kappa shape index (κ2) is 6.23. The van der Waals surface area contributed by atoms with Crippen molar-refractivity contribution < 1.29 is 9.32 Å². The van der Waals surface area contributed by atoms with Crippen LogP contribution >= 0.6 is 0 Å². The summed E-state index contributed by atoms with van der Waals surface area (Å²) in [4.78, 5) is 23.3. The number of hydrogen-bond donors (Lipinski definition) is 1. The lowest BCUT2D eigenvalue weighted by atomic mass is 9.97. The standard InChI is InChI=1S/C18H21N5O2/c1-22(2)18(24)23-10-7-12(8-11-23)17-20-16(21-25-17)14-4-3-5-15-13(14)6-9-19-15/h3-6,9,12,19H,7-8,10-11H2,1-2H3. The minimum atomic E-state index is 0.0591. The predicted octanol–water partition coefficient (Wildman–Crippen LogP) is 3.08. The third-order valence-corrected chi connectivity index (χ3v) is 4.77. The Morgan fingerprint density at radius 2 is 2.08 bits per heavy atom. The Kier molecular flexibility index (Phi) is 3.91. The van der Waals surface area contributed by atoms with Gasteiger partial charge in [0.2, 0.25) is 11.7 Å². The molecule has 0 spiro atoms. The summed E-state index contributed by atoms with van der Waals surface area (Å²) in [6.07, 6.45) is 3.60. The van der Waals surface area contributed by atoms with E-state index in [0.717, 1.165) is 29.3 Å². The highest BCUT2D eigenvalue weighted by molar-refractivity contribution is 5.93. The van der Waals surface area contributed by atoms with Crippen LogP contribution in [0.25, 0.3) is 22.3 Å². The number of carbonyl (C=O) groups excluding carboxylic acids is 1. The van der Waals surface area contributed by atoms with E-state index < -0.39 is 0 Å². The van der Waals surface area contributed by atoms with Crippen molar-refractivity contribution in [3.05, 3.63) is 36.4 Å². The van der Waals surface area contributed by atoms with Gasteiger partial charge in [-0.15, -0.1) is 0 Å². The predicted molar refractivity (Wildman–Crippen MR) is 94.2 cm³/mol. The third kappa shape index (κ3) is 2.86. The van der Waals surface area contributed by atoms with Gasteiger partial charge in [0.05, 0.1) is 0 Å². The normalized spacial score (nSPS) is 15.7. The molecule has 7 heteroatoms. The smallest absolute Gasteiger partial charge is 0.319 e. The second-order valence-corrected chi connectivity index (χ2v) is 6.64. The fourth-order valence-corrected chi connectivity index (χ4v) is 3.39. The molecule has 1 aliphatic heterocycles. The zero-order valence-electron chi connectivity index (χ0n) is 14.4. The molecule has 1 aromatic carbocycles. The van der Waals surface area contributed by atoms with Gasteiger partial charge in [0.1, 0.15) is 0 Å². The van der Waals surface area contributed by atoms with E-state index >= 15 is 0 Å². The number of likely N-dealkylation sites (tertiary alicyclic amines) is 1. The van der Waals surface area contributed by atoms with Crippen molar-refractivity contribution in [1.82, 2.24) is 24.9 Å². The number of aromatic nitrogens is 3. The van der Waals surface area contributed by atoms with Crippen LogP contribution in [0.5, 0.6) is 0 Å². The van der Waals surface area contributed by atoms with Gasteiger partial charge >= 0.3 is 6.03 Å². The van der Waals surface area contributed by atoms with Gasteiger partial charge in [-0.05, 0) is 25.0 Å². The van der Waals surface area contributed by atoms with Crippen molar-refractivity contribution in [1.29, 1.82) is 0 Å². The molecule has 0 bridgehead atoms. The molecule has 1 aliphatic rings. The van der Waals surface area contributed by atoms with Gasteiger partial charge in [0, 0.05) is 55.8 Å². The Morgan fingerprint density at radius 3 is 2.84 bits per heavy atom. The SMILES string of the molecule is CN(C)C(=O)N1CCC(c2nc(-c3cccc4[nH]ccc34)no2)CC1. The van der Waals surface area contributed by atoms with E-state index in [4.69, 9.17) is 4.52 Å². The van der Waals surface area contributed by atoms with Gasteiger partial charge in [0.15, 0.2) is 0 Å². The highest BCUT2D eigenvalue weighted by atomic mass is 16.5. The van der Waals surface area contributed by atoms with Crippen molar-refractivity contribution in [3.8, 4) is 11.4 Å². The molecule has 0 aliphatic carbocycles. The Bertz CT molecular complexity index is 890. The van der Waals surface area contributed by atoms with Crippen molar-refractivity contribution in [3.63, 3.8) is 0 Å². The minimum absolute atomic E-state index is 0.0591. The number of hydrogen-bond acceptors (Lipinski definition) is 4. The number of rotatable bonds is 2. The maximum atomic E-state index is 12.0. The number of nitrogens with one attached hydrogen (secondary N) is 1. The summed E-state index contributed by atoms with van der Waals surface area (Å²) >= 11 is 0. The molecule has 7 nitrogen and oxygen atoms in total. The molecule has 2 amide bonds. The number of piperidine rings is 1. The molecule has 4 rings (SSSR count). The van der Waals surface area contributed by atoms with Crippen LogP contribution in [0.4, 0.5) is 4.79 Å². The number of amides is 2. The summed E-state index contributed by atoms with van der Waals surface area (Å²) in [6, 6.07) is 8.09. The molecule has 3 aromatic rings. The lowest BCUT2D eigenvalue weighted by Gasteiger charge is -2.32. The molecule has 2 aromatic heterocycles. The van der Waals surface area contributed by atoms with Gasteiger partial charge < -0.3 is 19.3 Å². The quantitative estimate of drug-likeness (QED) is 0.778. The number of fused-ring (bicyclic) bond motifs is 1. The molecule has 0 saturated carbocycles. The molecule has 1 fully saturated rings. The van der Waals surface area contributed by atoms with Crippen LogP contribution in [-0.2, 0) is 0 Å². The van der Waals surface area contributed by atoms with Crippen LogP contribution in [0, 0.1) is 0 Å². The maximum absolute atomic E-state index is 12.0. The summed E-state index contributed by atoms with van der Waals surface area (Å²) in [5.74, 6) is 1.49. The van der Waals surface area contributed by atoms with E-state index in [1.807, 2.05) is 35.4 Å². The number of carbonyl (C=O) groups is 1. The summed E-state index contributed by atoms with van der Waals surface area (Å²) in [6.45, 7) is 1.43. The molecule has 25 heavy (non-hydrogen) atoms. The first-order chi connectivity index (χ1) is 12.1. The van der Waals surface area contributed by atoms with Gasteiger partial charge in [-0.1, -0.05) is 17.3 Å². The molecular weight excluding hydrogens is 318 g/mol. The number of benzene rings is 1. The van der Waals surface area contributed by atoms with Crippen LogP contribution < -0.4 is 0 Å². The Labute approximate surface area is 145 Å². The van der Waals surface area contributed by atoms with E-state index in [1.54, 1.807) is 19.0 Å². The molecule has 0 atom stereocenters. The fourth-order valence-electron chi connectivity index (χ4n) is 3.39. The first-order valence-corrected chi connectivity index (χ1v) is 8.50. The molecule has 1 saturated heterocycles. The van der Waals surface area contributed by atoms with E-state index in [2.05, 4.69) is 15.1 Å². The van der Waals surface area contributed by atoms with Crippen LogP contribution in [0.3, 0.4) is 0 Å². The van der Waals surface area contributed by atoms with Crippen LogP contribution in [0.15, 0.2) is 35.0 Å². The van der Waals surface area contributed by atoms with Crippen LogP contribution in [0.2, 0.25) is 0 Å². The molecule has 3 heterocycles. The summed E-state index contributed by atoms with van der Waals surface area (Å²) in [7, 11) is 3.56. The topological polar surface area (TPSA) is 78.3 Å². The first-order valence-electron chi connectivity index (χ1n) is 8.50. The third-order valence-electron chi connectivity index (χ3n) is 4.77. The van der Waals surface area contributed by atoms with Crippen molar-refractivity contribution >= 4 is 16.9 Å². The Hall–Kier alpha value is -2.83. The van der Waals surface area contributed by atoms with E-state index in [0.29, 0.717) is 24.8 Å². The monoisotopic (exact) mass is 339 g/mol. The van der Waals surface area contributed by atoms with Gasteiger partial charge in [-0.25, -0.2) is 4.79 Å². The maximum Gasteiger partial charge on any atom is 0.319 e. The summed E-state index contributed by atoms with van der Waals surface area (Å²) in [5, 5.41) is 5.27. The van der Waals surface area contributed by atoms with Gasteiger partial charge in [-0.2, -0.15) is 4.98 Å². The number of urea groups is 1. The van der Waals surface area contributed by atoms with Crippen molar-refractivity contribution in [2.24, 2.45) is 0 Å². The number of nitrogens with zero attached hydrogens (tertiary/aromatic N) is 4. The van der Waals surface area contributed by atoms with Crippen LogP contribution in [-0.4, -0.2) is 58.1 Å². The molecule has 1 N–H and O–H groups in total. The Morgan fingerprint density at radius 1 is 1.28 bits per heavy atom. The lowest BCUT2D eigenvalue weighted by Crippen LogP contribution is -2.43. The molecule has 130 valence electrons. The highest BCUT2D eigenvalue weighted by Crippen LogP contribution is 2.31. The molecule has 0 radical (unpaired) electrons. The minimum Gasteiger partial charge on any atom is -0.361 e. The van der Waals surface area contributed by atoms with E-state index in [-0.39, 0.29) is 11.9 Å². The van der Waals surface area contributed by atoms with Crippen molar-refractivity contribution in [2.75, 3.05) is 27.2 Å². The fraction of sp³-hybridized carbons (Fsp3) is 0.389. The van der Waals surface area contributed by atoms with E-state index in [1.165, 1.54) is 0 Å². The number of H-pyrrole nitrogens is 1. The lowest BCUT2D eigenvalue weighted by molar-refractivity contribution is 0.152. The van der Waals surface area contributed by atoms with Crippen LogP contribution in [0.1, 0.15) is 24.7 Å². The average Bonchev–Trinajstić information content (AvgIpc) is 3.30. The molecule has 0 unspecified atom stereocenters. The number of aromatic amines is 1.